The summed E-state index contributed by atoms with van der Waals surface area (Å²) in [5.41, 5.74) is 0. The second-order valence-electron chi connectivity index (χ2n) is 2.60. The topological polar surface area (TPSA) is 26.3 Å². The fourth-order valence-electron chi connectivity index (χ4n) is 0.904. The average Bonchev–Trinajstić information content (AvgIpc) is 2.04. The Hall–Kier alpha value is 0.717. The Labute approximate surface area is 97.4 Å². The van der Waals surface area contributed by atoms with E-state index in [0.717, 1.165) is 12.8 Å². The van der Waals surface area contributed by atoms with E-state index in [4.69, 9.17) is 0 Å². The van der Waals surface area contributed by atoms with Gasteiger partial charge in [0.05, 0.1) is 0 Å². The van der Waals surface area contributed by atoms with Crippen LogP contribution in [-0.4, -0.2) is 5.97 Å². The van der Waals surface area contributed by atoms with E-state index in [1.807, 2.05) is 0 Å². The molecule has 0 aromatic carbocycles. The minimum absolute atomic E-state index is 0. The van der Waals surface area contributed by atoms with Crippen LogP contribution in [0.4, 0.5) is 0 Å². The first-order chi connectivity index (χ1) is 5.31. The molecule has 0 aromatic heterocycles. The van der Waals surface area contributed by atoms with E-state index in [1.165, 1.54) is 19.3 Å². The maximum absolute atomic E-state index is 10.6. The Morgan fingerprint density at radius 2 is 1.83 bits per heavy atom. The molecule has 0 aliphatic heterocycles. The molecule has 0 unspecified atom stereocenters. The summed E-state index contributed by atoms with van der Waals surface area (Å²) in [6, 6.07) is 0. The van der Waals surface area contributed by atoms with Crippen LogP contribution < -0.4 is 0 Å². The number of carbonyl (C=O) groups is 1. The van der Waals surface area contributed by atoms with E-state index in [1.54, 1.807) is 21.5 Å². The van der Waals surface area contributed by atoms with E-state index in [2.05, 4.69) is 10.2 Å². The zero-order valence-corrected chi connectivity index (χ0v) is 10.4. The van der Waals surface area contributed by atoms with Crippen molar-refractivity contribution in [3.8, 4) is 0 Å². The molecule has 0 aliphatic rings. The summed E-state index contributed by atoms with van der Waals surface area (Å²) < 4.78 is 4.46. The molecule has 12 heavy (non-hydrogen) atoms. The quantitative estimate of drug-likeness (QED) is 0.507. The van der Waals surface area contributed by atoms with Crippen molar-refractivity contribution >= 4 is 5.97 Å². The van der Waals surface area contributed by atoms with Crippen LogP contribution in [0, 0.1) is 0 Å². The summed E-state index contributed by atoms with van der Waals surface area (Å²) in [6.07, 6.45) is 6.45. The molecular formula is C8H15AuCoO2. The molecule has 1 radical (unpaired) electrons. The van der Waals surface area contributed by atoms with Crippen LogP contribution in [0.2, 0.25) is 0 Å². The molecule has 0 atom stereocenters. The predicted octanol–water partition coefficient (Wildman–Crippen LogP) is 2.35. The molecule has 0 fully saturated rings. The van der Waals surface area contributed by atoms with E-state index in [9.17, 15) is 4.79 Å². The van der Waals surface area contributed by atoms with E-state index >= 15 is 0 Å². The summed E-state index contributed by atoms with van der Waals surface area (Å²) in [6.45, 7) is 2.18. The molecule has 0 rings (SSSR count). The van der Waals surface area contributed by atoms with Gasteiger partial charge in [0.1, 0.15) is 0 Å². The summed E-state index contributed by atoms with van der Waals surface area (Å²) >= 11 is 1.80. The fourth-order valence-corrected chi connectivity index (χ4v) is 1.12. The summed E-state index contributed by atoms with van der Waals surface area (Å²) in [5.74, 6) is -0.107. The van der Waals surface area contributed by atoms with Crippen molar-refractivity contribution in [3.63, 3.8) is 0 Å². The van der Waals surface area contributed by atoms with Gasteiger partial charge in [-0.3, -0.25) is 0 Å². The van der Waals surface area contributed by atoms with Crippen molar-refractivity contribution in [1.82, 2.24) is 0 Å². The van der Waals surface area contributed by atoms with Gasteiger partial charge < -0.3 is 0 Å². The molecule has 0 N–H and O–H groups in total. The van der Waals surface area contributed by atoms with Crippen molar-refractivity contribution in [2.45, 2.75) is 45.4 Å². The van der Waals surface area contributed by atoms with Crippen LogP contribution in [-0.2, 0) is 46.3 Å². The van der Waals surface area contributed by atoms with Gasteiger partial charge in [0.2, 0.25) is 0 Å². The van der Waals surface area contributed by atoms with Gasteiger partial charge in [-0.25, -0.2) is 0 Å². The molecule has 0 saturated heterocycles. The molecule has 79 valence electrons. The minimum Gasteiger partial charge on any atom is 0 e. The van der Waals surface area contributed by atoms with Crippen molar-refractivity contribution in [2.24, 2.45) is 0 Å². The zero-order valence-electron chi connectivity index (χ0n) is 7.19. The molecule has 0 heterocycles. The van der Waals surface area contributed by atoms with Crippen molar-refractivity contribution in [3.05, 3.63) is 0 Å². The third kappa shape index (κ3) is 10.7. The molecule has 0 aromatic rings. The Bertz CT molecular complexity index is 109. The van der Waals surface area contributed by atoms with Gasteiger partial charge in [0, 0.05) is 16.8 Å². The predicted molar refractivity (Wildman–Crippen MR) is 39.5 cm³/mol. The van der Waals surface area contributed by atoms with Gasteiger partial charge in [0.15, 0.2) is 0 Å². The normalized spacial score (nSPS) is 8.92. The third-order valence-corrected chi connectivity index (χ3v) is 2.05. The largest absolute Gasteiger partial charge is 0 e. The number of hydrogen-bond donors (Lipinski definition) is 0. The first kappa shape index (κ1) is 15.2. The van der Waals surface area contributed by atoms with Crippen molar-refractivity contribution < 1.29 is 46.3 Å². The van der Waals surface area contributed by atoms with Gasteiger partial charge >= 0.3 is 80.9 Å². The first-order valence-corrected chi connectivity index (χ1v) is 4.98. The maximum Gasteiger partial charge on any atom is 0 e. The summed E-state index contributed by atoms with van der Waals surface area (Å²) in [5, 5.41) is 0. The van der Waals surface area contributed by atoms with Crippen LogP contribution in [0.1, 0.15) is 45.4 Å². The first-order valence-electron chi connectivity index (χ1n) is 4.09. The molecule has 0 bridgehead atoms. The van der Waals surface area contributed by atoms with Gasteiger partial charge in [-0.15, -0.1) is 0 Å². The molecule has 0 saturated carbocycles. The van der Waals surface area contributed by atoms with Gasteiger partial charge in [-0.1, -0.05) is 0 Å². The Morgan fingerprint density at radius 1 is 1.25 bits per heavy atom. The van der Waals surface area contributed by atoms with Crippen LogP contribution in [0.3, 0.4) is 0 Å². The Balaban J connectivity index is 0. The van der Waals surface area contributed by atoms with Gasteiger partial charge in [-0.2, -0.15) is 0 Å². The maximum atomic E-state index is 10.6. The summed E-state index contributed by atoms with van der Waals surface area (Å²) in [4.78, 5) is 10.6. The summed E-state index contributed by atoms with van der Waals surface area (Å²) in [7, 11) is 0. The van der Waals surface area contributed by atoms with Crippen LogP contribution in [0.5, 0.6) is 0 Å². The Morgan fingerprint density at radius 3 is 2.33 bits per heavy atom. The Kier molecular flexibility index (Phi) is 14.8. The van der Waals surface area contributed by atoms with Crippen molar-refractivity contribution in [1.29, 1.82) is 0 Å². The van der Waals surface area contributed by atoms with Crippen molar-refractivity contribution in [2.75, 3.05) is 0 Å². The zero-order chi connectivity index (χ0) is 8.53. The molecular weight excluding hydrogens is 384 g/mol. The smallest absolute Gasteiger partial charge is 0 e. The standard InChI is InChI=1S/C8H16O2.Au.Co/c1-2-3-4-5-6-7-8(9)10;;/h2-7H2,1H3,(H,9,10);;/q;+1;/p-1. The molecule has 0 amide bonds. The second kappa shape index (κ2) is 11.7. The van der Waals surface area contributed by atoms with Gasteiger partial charge in [0.25, 0.3) is 0 Å². The van der Waals surface area contributed by atoms with Crippen LogP contribution in [0.25, 0.3) is 0 Å². The number of rotatable bonds is 6. The molecule has 0 spiro atoms. The van der Waals surface area contributed by atoms with E-state index in [0.29, 0.717) is 6.42 Å². The van der Waals surface area contributed by atoms with Crippen LogP contribution in [0.15, 0.2) is 0 Å². The minimum atomic E-state index is -0.107. The van der Waals surface area contributed by atoms with E-state index in [-0.39, 0.29) is 22.7 Å². The van der Waals surface area contributed by atoms with Gasteiger partial charge in [-0.05, 0) is 0 Å². The van der Waals surface area contributed by atoms with E-state index < -0.39 is 0 Å². The van der Waals surface area contributed by atoms with Crippen LogP contribution >= 0.6 is 0 Å². The molecule has 4 heteroatoms. The fraction of sp³-hybridized carbons (Fsp3) is 0.875. The SMILES string of the molecule is CCCCCCCC(=O)[O][Au].[Co]. The monoisotopic (exact) mass is 399 g/mol. The number of carbonyl (C=O) groups excluding carboxylic acids is 1. The molecule has 2 nitrogen and oxygen atoms in total. The average molecular weight is 399 g/mol. The third-order valence-electron chi connectivity index (χ3n) is 1.55. The molecule has 0 aliphatic carbocycles. The number of hydrogen-bond acceptors (Lipinski definition) is 2. The second-order valence-corrected chi connectivity index (χ2v) is 3.04. The number of unbranched alkanes of at least 4 members (excludes halogenated alkanes) is 4.